The van der Waals surface area contributed by atoms with Gasteiger partial charge in [0.15, 0.2) is 0 Å². The summed E-state index contributed by atoms with van der Waals surface area (Å²) in [5.74, 6) is 7.42. The van der Waals surface area contributed by atoms with Crippen molar-refractivity contribution in [3.05, 3.63) is 48.8 Å². The van der Waals surface area contributed by atoms with Gasteiger partial charge in [-0.15, -0.1) is 12.2 Å². The minimum Gasteiger partial charge on any atom is -0.343 e. The second-order valence-electron chi connectivity index (χ2n) is 12.9. The molecule has 0 spiro atoms. The molecule has 3 fully saturated rings. The van der Waals surface area contributed by atoms with Gasteiger partial charge in [-0.1, -0.05) is 60.0 Å². The number of halogens is 3. The van der Waals surface area contributed by atoms with Gasteiger partial charge in [0.05, 0.1) is 0 Å². The second-order valence-corrected chi connectivity index (χ2v) is 14.0. The van der Waals surface area contributed by atoms with Crippen molar-refractivity contribution >= 4 is 17.5 Å². The van der Waals surface area contributed by atoms with Crippen LogP contribution < -0.4 is 51.4 Å². The van der Waals surface area contributed by atoms with Gasteiger partial charge in [-0.05, 0) is 87.0 Å². The molecule has 0 N–H and O–H groups in total. The molecule has 0 amide bonds. The Hall–Kier alpha value is 0.666. The van der Waals surface area contributed by atoms with Gasteiger partial charge in [0.1, 0.15) is 5.78 Å². The fraction of sp³-hybridized carbons (Fsp3) is 0.750. The molecule has 1 saturated heterocycles. The van der Waals surface area contributed by atoms with E-state index in [-0.39, 0.29) is 56.8 Å². The summed E-state index contributed by atoms with van der Waals surface area (Å²) in [6.07, 6.45) is 17.1. The summed E-state index contributed by atoms with van der Waals surface area (Å²) in [6.45, 7) is 18.7. The fourth-order valence-corrected chi connectivity index (χ4v) is 8.01. The number of thioether (sulfide) groups is 1. The maximum Gasteiger partial charge on any atom is 1.00 e. The molecule has 1 heterocycles. The molecule has 0 aromatic rings. The van der Waals surface area contributed by atoms with Crippen LogP contribution in [0.1, 0.15) is 119 Å². The summed E-state index contributed by atoms with van der Waals surface area (Å²) in [6, 6.07) is 0. The third-order valence-electron chi connectivity index (χ3n) is 9.08. The Balaban J connectivity index is 0.000000544. The summed E-state index contributed by atoms with van der Waals surface area (Å²) in [4.78, 5) is 11.6. The van der Waals surface area contributed by atoms with Crippen molar-refractivity contribution in [2.45, 2.75) is 125 Å². The summed E-state index contributed by atoms with van der Waals surface area (Å²) < 4.78 is 36.6. The van der Waals surface area contributed by atoms with Gasteiger partial charge in [0.25, 0.3) is 0 Å². The third-order valence-corrected chi connectivity index (χ3v) is 10.3. The fourth-order valence-electron chi connectivity index (χ4n) is 6.44. The van der Waals surface area contributed by atoms with Crippen LogP contribution >= 0.6 is 11.8 Å². The number of hydrogen-bond donors (Lipinski definition) is 0. The average molecular weight is 635 g/mol. The normalized spacial score (nSPS) is 31.2. The molecule has 0 radical (unpaired) electrons. The Bertz CT molecular complexity index is 847. The van der Waals surface area contributed by atoms with Crippen molar-refractivity contribution < 1.29 is 69.4 Å². The van der Waals surface area contributed by atoms with Crippen molar-refractivity contribution in [1.29, 1.82) is 0 Å². The first-order valence-corrected chi connectivity index (χ1v) is 17.2. The van der Waals surface area contributed by atoms with Crippen molar-refractivity contribution in [2.24, 2.45) is 35.0 Å². The summed E-state index contributed by atoms with van der Waals surface area (Å²) in [7, 11) is 0. The first kappa shape index (κ1) is 42.7. The molecule has 2 saturated carbocycles. The summed E-state index contributed by atoms with van der Waals surface area (Å²) >= 11 is 2.13. The Morgan fingerprint density at radius 3 is 2.43 bits per heavy atom. The zero-order valence-electron chi connectivity index (χ0n) is 28.0. The van der Waals surface area contributed by atoms with Crippen molar-refractivity contribution in [1.82, 2.24) is 0 Å². The maximum atomic E-state index is 12.2. The van der Waals surface area contributed by atoms with E-state index >= 15 is 0 Å². The first-order valence-electron chi connectivity index (χ1n) is 16.0. The molecule has 1 aliphatic heterocycles. The topological polar surface area (TPSA) is 17.1 Å². The molecule has 1 nitrogen and oxygen atoms in total. The molecule has 4 aliphatic rings. The van der Waals surface area contributed by atoms with E-state index in [1.165, 1.54) is 62.9 Å². The molecule has 6 heteroatoms. The zero-order chi connectivity index (χ0) is 31.1. The third kappa shape index (κ3) is 15.8. The van der Waals surface area contributed by atoms with E-state index in [1.54, 1.807) is 19.9 Å². The smallest absolute Gasteiger partial charge is 0.343 e. The minimum atomic E-state index is -4.26. The molecular formula is C36H58F3KOS-2. The van der Waals surface area contributed by atoms with Crippen molar-refractivity contribution in [3.8, 4) is 0 Å². The van der Waals surface area contributed by atoms with Crippen molar-refractivity contribution in [2.75, 3.05) is 11.5 Å². The molecule has 4 rings (SSSR count). The molecule has 0 aromatic carbocycles. The molecule has 5 unspecified atom stereocenters. The van der Waals surface area contributed by atoms with E-state index in [0.29, 0.717) is 18.1 Å². The Morgan fingerprint density at radius 2 is 1.95 bits per heavy atom. The monoisotopic (exact) mass is 634 g/mol. The van der Waals surface area contributed by atoms with Crippen LogP contribution in [0.15, 0.2) is 29.4 Å². The quantitative estimate of drug-likeness (QED) is 0.223. The minimum absolute atomic E-state index is 0. The number of alkyl halides is 3. The number of rotatable bonds is 5. The van der Waals surface area contributed by atoms with Crippen LogP contribution in [0.5, 0.6) is 0 Å². The molecular weight excluding hydrogens is 577 g/mol. The molecule has 0 aromatic heterocycles. The van der Waals surface area contributed by atoms with Crippen molar-refractivity contribution in [3.63, 3.8) is 0 Å². The van der Waals surface area contributed by atoms with E-state index in [0.717, 1.165) is 54.2 Å². The van der Waals surface area contributed by atoms with Crippen LogP contribution in [-0.4, -0.2) is 23.5 Å². The van der Waals surface area contributed by atoms with Crippen LogP contribution in [0.3, 0.4) is 0 Å². The number of unbranched alkanes of at least 4 members (excludes halogenated alkanes) is 1. The average Bonchev–Trinajstić information content (AvgIpc) is 3.43. The second kappa shape index (κ2) is 22.2. The predicted molar refractivity (Wildman–Crippen MR) is 172 cm³/mol. The maximum absolute atomic E-state index is 12.2. The number of ketones is 1. The van der Waals surface area contributed by atoms with Gasteiger partial charge in [0, 0.05) is 5.41 Å². The predicted octanol–water partition coefficient (Wildman–Crippen LogP) is 8.62. The number of fused-ring (bicyclic) bond motifs is 1. The largest absolute Gasteiger partial charge is 1.00 e. The molecule has 6 atom stereocenters. The summed E-state index contributed by atoms with van der Waals surface area (Å²) in [5.41, 5.74) is 0.358. The number of carbonyl (C=O) groups excluding carboxylic acids is 1. The Labute approximate surface area is 304 Å². The molecule has 3 aliphatic carbocycles. The van der Waals surface area contributed by atoms with E-state index in [4.69, 9.17) is 0 Å². The van der Waals surface area contributed by atoms with Crippen LogP contribution in [0, 0.1) is 54.4 Å². The van der Waals surface area contributed by atoms with Crippen LogP contribution in [0.25, 0.3) is 0 Å². The Kier molecular flexibility index (Phi) is 22.6. The molecule has 0 bridgehead atoms. The van der Waals surface area contributed by atoms with E-state index in [1.807, 2.05) is 0 Å². The molecule has 42 heavy (non-hydrogen) atoms. The SMILES string of the molecule is CC(=O)C12CCCC1CC(C)C2.CC1=[C-]/C=C(C(F)(F)F)\C=C/CC1.CCC1CSCC[C@H]1C.[CH2-]C(C)C[CH-]CC.[K+]. The van der Waals surface area contributed by atoms with Gasteiger partial charge in [0.2, 0.25) is 0 Å². The van der Waals surface area contributed by atoms with Crippen LogP contribution in [-0.2, 0) is 4.79 Å². The van der Waals surface area contributed by atoms with E-state index in [2.05, 4.69) is 65.8 Å². The number of hydrogen-bond acceptors (Lipinski definition) is 2. The van der Waals surface area contributed by atoms with Crippen LogP contribution in [0.2, 0.25) is 0 Å². The van der Waals surface area contributed by atoms with Gasteiger partial charge in [-0.2, -0.15) is 42.8 Å². The number of allylic oxidation sites excluding steroid dienone is 6. The Morgan fingerprint density at radius 1 is 1.26 bits per heavy atom. The van der Waals surface area contributed by atoms with Gasteiger partial charge >= 0.3 is 57.6 Å². The zero-order valence-corrected chi connectivity index (χ0v) is 32.0. The van der Waals surface area contributed by atoms with Gasteiger partial charge < -0.3 is 13.3 Å². The first-order chi connectivity index (χ1) is 19.3. The van der Waals surface area contributed by atoms with Gasteiger partial charge in [-0.3, -0.25) is 10.9 Å². The van der Waals surface area contributed by atoms with E-state index < -0.39 is 11.7 Å². The number of Topliss-reactive ketones (excluding diaryl/α,β-unsaturated/α-hetero) is 1. The van der Waals surface area contributed by atoms with Gasteiger partial charge in [-0.25, -0.2) is 12.5 Å². The molecule has 238 valence electrons. The van der Waals surface area contributed by atoms with E-state index in [9.17, 15) is 18.0 Å². The summed E-state index contributed by atoms with van der Waals surface area (Å²) in [5, 5.41) is 0. The van der Waals surface area contributed by atoms with Crippen LogP contribution in [0.4, 0.5) is 13.2 Å². The standard InChI is InChI=1S/C11H18O.C10H10F3.C8H16S.C7H14.K/c1-8-6-10-4-3-5-11(10,7-8)9(2)12;1-8-4-2-3-5-9(7-6-8)10(11,12)13;1-3-8-6-9-5-4-7(8)2;1-4-5-6-7(2)3;/h8,10H,3-7H2,1-2H3;3,5,7H,2,4H2,1H3;7-8H,3-6H2,1-2H3;5,7H,2,4,6H2,1,3H3;/q;-1;;-2;+1/b;5-3-,9-7+;;;/t;;7-,8?;;/m..1../s1. The number of carbonyl (C=O) groups is 1.